The van der Waals surface area contributed by atoms with Gasteiger partial charge in [-0.25, -0.2) is 0 Å². The van der Waals surface area contributed by atoms with Crippen LogP contribution in [0.4, 0.5) is 0 Å². The monoisotopic (exact) mass is 356 g/mol. The predicted molar refractivity (Wildman–Crippen MR) is 101 cm³/mol. The Kier molecular flexibility index (Phi) is 5.78. The molecule has 0 unspecified atom stereocenters. The third-order valence-electron chi connectivity index (χ3n) is 5.87. The van der Waals surface area contributed by atoms with Crippen LogP contribution in [0, 0.1) is 10.8 Å². The highest BCUT2D eigenvalue weighted by atomic mass is 16.3. The fourth-order valence-electron chi connectivity index (χ4n) is 4.64. The second-order valence-corrected chi connectivity index (χ2v) is 7.83. The van der Waals surface area contributed by atoms with Crippen molar-refractivity contribution in [3.05, 3.63) is 71.8 Å². The van der Waals surface area contributed by atoms with E-state index in [0.29, 0.717) is 25.7 Å². The molecule has 0 spiro atoms. The SMILES string of the molecule is OC[C@]1(Cc2ccccc2)CC(O)C[C@](CO)(Cc2ccccc2)C1O. The van der Waals surface area contributed by atoms with E-state index in [9.17, 15) is 20.4 Å². The van der Waals surface area contributed by atoms with Gasteiger partial charge in [-0.2, -0.15) is 0 Å². The van der Waals surface area contributed by atoms with Crippen molar-refractivity contribution in [3.8, 4) is 0 Å². The highest BCUT2D eigenvalue weighted by molar-refractivity contribution is 5.22. The quantitative estimate of drug-likeness (QED) is 0.638. The van der Waals surface area contributed by atoms with E-state index in [2.05, 4.69) is 0 Å². The summed E-state index contributed by atoms with van der Waals surface area (Å²) < 4.78 is 0. The van der Waals surface area contributed by atoms with E-state index in [0.717, 1.165) is 11.1 Å². The van der Waals surface area contributed by atoms with Gasteiger partial charge in [-0.15, -0.1) is 0 Å². The van der Waals surface area contributed by atoms with Crippen molar-refractivity contribution in [3.63, 3.8) is 0 Å². The van der Waals surface area contributed by atoms with Crippen LogP contribution < -0.4 is 0 Å². The van der Waals surface area contributed by atoms with Gasteiger partial charge in [0.25, 0.3) is 0 Å². The zero-order valence-electron chi connectivity index (χ0n) is 15.0. The van der Waals surface area contributed by atoms with E-state index >= 15 is 0 Å². The molecular weight excluding hydrogens is 328 g/mol. The highest BCUT2D eigenvalue weighted by Gasteiger charge is 2.55. The Morgan fingerprint density at radius 3 is 1.42 bits per heavy atom. The van der Waals surface area contributed by atoms with E-state index in [-0.39, 0.29) is 13.2 Å². The summed E-state index contributed by atoms with van der Waals surface area (Å²) in [6.07, 6.45) is -0.0522. The van der Waals surface area contributed by atoms with E-state index < -0.39 is 23.0 Å². The largest absolute Gasteiger partial charge is 0.396 e. The molecule has 3 rings (SSSR count). The highest BCUT2D eigenvalue weighted by Crippen LogP contribution is 2.49. The molecular formula is C22H28O4. The van der Waals surface area contributed by atoms with Crippen molar-refractivity contribution in [2.24, 2.45) is 10.8 Å². The first-order valence-electron chi connectivity index (χ1n) is 9.19. The van der Waals surface area contributed by atoms with E-state index in [4.69, 9.17) is 0 Å². The van der Waals surface area contributed by atoms with Gasteiger partial charge >= 0.3 is 0 Å². The summed E-state index contributed by atoms with van der Waals surface area (Å²) in [6.45, 7) is -0.479. The molecule has 0 radical (unpaired) electrons. The van der Waals surface area contributed by atoms with Gasteiger partial charge in [-0.3, -0.25) is 0 Å². The average molecular weight is 356 g/mol. The van der Waals surface area contributed by atoms with Gasteiger partial charge < -0.3 is 20.4 Å². The summed E-state index contributed by atoms with van der Waals surface area (Å²) in [4.78, 5) is 0. The molecule has 26 heavy (non-hydrogen) atoms. The van der Waals surface area contributed by atoms with Crippen LogP contribution >= 0.6 is 0 Å². The third kappa shape index (κ3) is 3.69. The number of aliphatic hydroxyl groups is 4. The molecule has 0 heterocycles. The predicted octanol–water partition coefficient (Wildman–Crippen LogP) is 1.94. The fourth-order valence-corrected chi connectivity index (χ4v) is 4.64. The van der Waals surface area contributed by atoms with Gasteiger partial charge in [0.2, 0.25) is 0 Å². The zero-order chi connectivity index (χ0) is 18.6. The van der Waals surface area contributed by atoms with E-state index in [1.165, 1.54) is 0 Å². The molecule has 1 fully saturated rings. The van der Waals surface area contributed by atoms with Crippen molar-refractivity contribution in [2.45, 2.75) is 37.9 Å². The maximum absolute atomic E-state index is 11.3. The Hall–Kier alpha value is -1.72. The summed E-state index contributed by atoms with van der Waals surface area (Å²) in [7, 11) is 0. The molecule has 0 saturated heterocycles. The normalized spacial score (nSPS) is 31.7. The molecule has 1 saturated carbocycles. The molecule has 4 nitrogen and oxygen atoms in total. The Morgan fingerprint density at radius 1 is 0.692 bits per heavy atom. The van der Waals surface area contributed by atoms with E-state index in [1.807, 2.05) is 60.7 Å². The number of rotatable bonds is 6. The van der Waals surface area contributed by atoms with Crippen LogP contribution in [0.25, 0.3) is 0 Å². The topological polar surface area (TPSA) is 80.9 Å². The van der Waals surface area contributed by atoms with Gasteiger partial charge in [-0.05, 0) is 36.8 Å². The third-order valence-corrected chi connectivity index (χ3v) is 5.87. The van der Waals surface area contributed by atoms with Crippen molar-refractivity contribution in [2.75, 3.05) is 13.2 Å². The first kappa shape index (κ1) is 19.1. The summed E-state index contributed by atoms with van der Waals surface area (Å²) in [6, 6.07) is 19.4. The first-order chi connectivity index (χ1) is 12.5. The van der Waals surface area contributed by atoms with Gasteiger partial charge in [-0.1, -0.05) is 60.7 Å². The average Bonchev–Trinajstić information content (AvgIpc) is 2.67. The molecule has 0 aliphatic heterocycles. The number of benzene rings is 2. The van der Waals surface area contributed by atoms with Crippen LogP contribution in [0.1, 0.15) is 24.0 Å². The van der Waals surface area contributed by atoms with Gasteiger partial charge in [0, 0.05) is 10.8 Å². The smallest absolute Gasteiger partial charge is 0.0704 e. The molecule has 0 aromatic heterocycles. The molecule has 4 heteroatoms. The Balaban J connectivity index is 1.95. The Bertz CT molecular complexity index is 630. The second-order valence-electron chi connectivity index (χ2n) is 7.83. The second kappa shape index (κ2) is 7.89. The first-order valence-corrected chi connectivity index (χ1v) is 9.19. The van der Waals surface area contributed by atoms with Crippen molar-refractivity contribution < 1.29 is 20.4 Å². The summed E-state index contributed by atoms with van der Waals surface area (Å²) >= 11 is 0. The van der Waals surface area contributed by atoms with Crippen LogP contribution in [0.3, 0.4) is 0 Å². The fraction of sp³-hybridized carbons (Fsp3) is 0.455. The van der Waals surface area contributed by atoms with E-state index in [1.54, 1.807) is 0 Å². The number of hydrogen-bond acceptors (Lipinski definition) is 4. The maximum atomic E-state index is 11.3. The van der Waals surface area contributed by atoms with Gasteiger partial charge in [0.05, 0.1) is 25.4 Å². The molecule has 4 N–H and O–H groups in total. The Labute approximate surface area is 154 Å². The lowest BCUT2D eigenvalue weighted by atomic mass is 9.56. The van der Waals surface area contributed by atoms with Crippen LogP contribution in [-0.2, 0) is 12.8 Å². The lowest BCUT2D eigenvalue weighted by Crippen LogP contribution is -2.59. The van der Waals surface area contributed by atoms with Gasteiger partial charge in [0.15, 0.2) is 0 Å². The summed E-state index contributed by atoms with van der Waals surface area (Å²) in [5.74, 6) is 0. The van der Waals surface area contributed by atoms with Crippen molar-refractivity contribution >= 4 is 0 Å². The summed E-state index contributed by atoms with van der Waals surface area (Å²) in [5, 5.41) is 42.4. The maximum Gasteiger partial charge on any atom is 0.0704 e. The molecule has 0 bridgehead atoms. The molecule has 0 amide bonds. The van der Waals surface area contributed by atoms with Crippen LogP contribution in [0.15, 0.2) is 60.7 Å². The van der Waals surface area contributed by atoms with Gasteiger partial charge in [0.1, 0.15) is 0 Å². The Morgan fingerprint density at radius 2 is 1.08 bits per heavy atom. The number of aliphatic hydroxyl groups excluding tert-OH is 4. The van der Waals surface area contributed by atoms with Crippen LogP contribution in [-0.4, -0.2) is 45.8 Å². The molecule has 1 aliphatic rings. The van der Waals surface area contributed by atoms with Crippen LogP contribution in [0.2, 0.25) is 0 Å². The zero-order valence-corrected chi connectivity index (χ0v) is 15.0. The minimum atomic E-state index is -0.922. The molecule has 1 aliphatic carbocycles. The molecule has 2 atom stereocenters. The standard InChI is InChI=1S/C22H28O4/c23-15-21(11-17-7-3-1-4-8-17)13-19(25)14-22(16-24,20(21)26)12-18-9-5-2-6-10-18/h1-10,19-20,23-26H,11-16H2/t19?,20?,21-,22-/m0/s1. The minimum Gasteiger partial charge on any atom is -0.396 e. The van der Waals surface area contributed by atoms with Crippen LogP contribution in [0.5, 0.6) is 0 Å². The lowest BCUT2D eigenvalue weighted by molar-refractivity contribution is -0.174. The molecule has 140 valence electrons. The molecule has 2 aromatic rings. The van der Waals surface area contributed by atoms with Crippen molar-refractivity contribution in [1.82, 2.24) is 0 Å². The van der Waals surface area contributed by atoms with Crippen molar-refractivity contribution in [1.29, 1.82) is 0 Å². The lowest BCUT2D eigenvalue weighted by Gasteiger charge is -2.53. The minimum absolute atomic E-state index is 0.239. The molecule has 2 aromatic carbocycles. The number of hydrogen-bond donors (Lipinski definition) is 4. The summed E-state index contributed by atoms with van der Waals surface area (Å²) in [5.41, 5.74) is 0.245.